The van der Waals surface area contributed by atoms with E-state index in [1.807, 2.05) is 13.8 Å². The van der Waals surface area contributed by atoms with Crippen molar-refractivity contribution in [2.24, 2.45) is 5.73 Å². The first-order chi connectivity index (χ1) is 7.04. The van der Waals surface area contributed by atoms with E-state index >= 15 is 0 Å². The number of rotatable bonds is 5. The lowest BCUT2D eigenvalue weighted by molar-refractivity contribution is -0.120. The third kappa shape index (κ3) is 2.87. The Hall–Kier alpha value is -1.72. The largest absolute Gasteiger partial charge is 0.480 e. The zero-order valence-electron chi connectivity index (χ0n) is 9.06. The number of methoxy groups -OCH3 is 1. The third-order valence-electron chi connectivity index (χ3n) is 1.74. The monoisotopic (exact) mass is 213 g/mol. The number of amides is 1. The lowest BCUT2D eigenvalue weighted by Gasteiger charge is -2.09. The molecule has 0 aromatic carbocycles. The maximum Gasteiger partial charge on any atom is 0.255 e. The van der Waals surface area contributed by atoms with Crippen molar-refractivity contribution in [3.05, 3.63) is 6.07 Å². The number of nitrogens with zero attached hydrogens (tertiary/aromatic N) is 2. The van der Waals surface area contributed by atoms with Crippen LogP contribution in [0.3, 0.4) is 0 Å². The average Bonchev–Trinajstić information content (AvgIpc) is 2.57. The Bertz CT molecular complexity index is 346. The SMILES string of the molecule is COc1cc(OCC(N)=O)n(C(C)C)n1. The maximum absolute atomic E-state index is 10.6. The molecule has 0 bridgehead atoms. The van der Waals surface area contributed by atoms with Crippen LogP contribution in [0.1, 0.15) is 19.9 Å². The molecule has 84 valence electrons. The Balaban J connectivity index is 2.83. The average molecular weight is 213 g/mol. The topological polar surface area (TPSA) is 79.4 Å². The van der Waals surface area contributed by atoms with Crippen LogP contribution < -0.4 is 15.2 Å². The Kier molecular flexibility index (Phi) is 3.54. The van der Waals surface area contributed by atoms with Crippen LogP contribution in [0, 0.1) is 0 Å². The van der Waals surface area contributed by atoms with Crippen LogP contribution >= 0.6 is 0 Å². The van der Waals surface area contributed by atoms with Crippen molar-refractivity contribution in [1.82, 2.24) is 9.78 Å². The van der Waals surface area contributed by atoms with Gasteiger partial charge in [0.15, 0.2) is 6.61 Å². The van der Waals surface area contributed by atoms with Crippen molar-refractivity contribution in [1.29, 1.82) is 0 Å². The quantitative estimate of drug-likeness (QED) is 0.764. The second-order valence-corrected chi connectivity index (χ2v) is 3.32. The minimum absolute atomic E-state index is 0.122. The van der Waals surface area contributed by atoms with E-state index in [2.05, 4.69) is 5.10 Å². The van der Waals surface area contributed by atoms with Crippen LogP contribution in [0.4, 0.5) is 0 Å². The van der Waals surface area contributed by atoms with Gasteiger partial charge < -0.3 is 15.2 Å². The van der Waals surface area contributed by atoms with E-state index in [4.69, 9.17) is 15.2 Å². The zero-order chi connectivity index (χ0) is 11.4. The smallest absolute Gasteiger partial charge is 0.255 e. The molecule has 0 aliphatic heterocycles. The van der Waals surface area contributed by atoms with Gasteiger partial charge in [0.25, 0.3) is 5.91 Å². The molecule has 2 N–H and O–H groups in total. The van der Waals surface area contributed by atoms with Gasteiger partial charge in [-0.3, -0.25) is 4.79 Å². The molecule has 0 fully saturated rings. The van der Waals surface area contributed by atoms with Crippen molar-refractivity contribution in [3.8, 4) is 11.8 Å². The molecule has 6 nitrogen and oxygen atoms in total. The third-order valence-corrected chi connectivity index (χ3v) is 1.74. The first-order valence-corrected chi connectivity index (χ1v) is 4.59. The van der Waals surface area contributed by atoms with Crippen LogP contribution in [0.5, 0.6) is 11.8 Å². The predicted molar refractivity (Wildman–Crippen MR) is 53.9 cm³/mol. The van der Waals surface area contributed by atoms with Gasteiger partial charge in [-0.15, -0.1) is 5.10 Å². The van der Waals surface area contributed by atoms with Crippen LogP contribution in [-0.4, -0.2) is 29.4 Å². The Labute approximate surface area is 88.0 Å². The summed E-state index contributed by atoms with van der Waals surface area (Å²) in [4.78, 5) is 10.6. The van der Waals surface area contributed by atoms with Crippen LogP contribution in [0.15, 0.2) is 6.07 Å². The molecule has 1 amide bonds. The maximum atomic E-state index is 10.6. The Morgan fingerprint density at radius 2 is 2.33 bits per heavy atom. The lowest BCUT2D eigenvalue weighted by atomic mass is 10.4. The van der Waals surface area contributed by atoms with Gasteiger partial charge in [-0.2, -0.15) is 0 Å². The van der Waals surface area contributed by atoms with Crippen molar-refractivity contribution in [2.75, 3.05) is 13.7 Å². The van der Waals surface area contributed by atoms with E-state index in [1.54, 1.807) is 10.7 Å². The van der Waals surface area contributed by atoms with E-state index < -0.39 is 5.91 Å². The summed E-state index contributed by atoms with van der Waals surface area (Å²) in [5.41, 5.74) is 4.98. The molecule has 15 heavy (non-hydrogen) atoms. The number of primary amides is 1. The second kappa shape index (κ2) is 4.68. The standard InChI is InChI=1S/C9H15N3O3/c1-6(2)12-9(15-5-7(10)13)4-8(11-12)14-3/h4,6H,5H2,1-3H3,(H2,10,13). The van der Waals surface area contributed by atoms with Crippen molar-refractivity contribution < 1.29 is 14.3 Å². The molecule has 0 radical (unpaired) electrons. The summed E-state index contributed by atoms with van der Waals surface area (Å²) in [5, 5.41) is 4.12. The van der Waals surface area contributed by atoms with Gasteiger partial charge >= 0.3 is 0 Å². The lowest BCUT2D eigenvalue weighted by Crippen LogP contribution is -2.21. The highest BCUT2D eigenvalue weighted by Crippen LogP contribution is 2.22. The summed E-state index contributed by atoms with van der Waals surface area (Å²) < 4.78 is 11.8. The number of nitrogens with two attached hydrogens (primary N) is 1. The van der Waals surface area contributed by atoms with Gasteiger partial charge in [0.2, 0.25) is 11.8 Å². The summed E-state index contributed by atoms with van der Waals surface area (Å²) in [5.74, 6) is 0.397. The molecular formula is C9H15N3O3. The first-order valence-electron chi connectivity index (χ1n) is 4.59. The molecule has 1 rings (SSSR count). The molecule has 0 unspecified atom stereocenters. The molecule has 1 heterocycles. The molecule has 0 saturated heterocycles. The van der Waals surface area contributed by atoms with E-state index in [-0.39, 0.29) is 12.6 Å². The number of ether oxygens (including phenoxy) is 2. The van der Waals surface area contributed by atoms with E-state index in [1.165, 1.54) is 7.11 Å². The van der Waals surface area contributed by atoms with Gasteiger partial charge in [-0.05, 0) is 13.8 Å². The highest BCUT2D eigenvalue weighted by Gasteiger charge is 2.12. The van der Waals surface area contributed by atoms with Crippen molar-refractivity contribution >= 4 is 5.91 Å². The molecule has 0 saturated carbocycles. The molecule has 0 aliphatic rings. The fourth-order valence-electron chi connectivity index (χ4n) is 1.08. The summed E-state index contributed by atoms with van der Waals surface area (Å²) in [6.07, 6.45) is 0. The van der Waals surface area contributed by atoms with Gasteiger partial charge in [0.1, 0.15) is 0 Å². The zero-order valence-corrected chi connectivity index (χ0v) is 9.06. The molecule has 1 aromatic rings. The highest BCUT2D eigenvalue weighted by molar-refractivity contribution is 5.75. The fraction of sp³-hybridized carbons (Fsp3) is 0.556. The van der Waals surface area contributed by atoms with Gasteiger partial charge in [-0.1, -0.05) is 0 Å². The number of carbonyl (C=O) groups excluding carboxylic acids is 1. The summed E-state index contributed by atoms with van der Waals surface area (Å²) >= 11 is 0. The van der Waals surface area contributed by atoms with E-state index in [0.717, 1.165) is 0 Å². The Morgan fingerprint density at radius 3 is 2.80 bits per heavy atom. The predicted octanol–water partition coefficient (Wildman–Crippen LogP) is 0.337. The molecular weight excluding hydrogens is 198 g/mol. The molecule has 6 heteroatoms. The molecule has 1 aromatic heterocycles. The number of hydrogen-bond donors (Lipinski definition) is 1. The summed E-state index contributed by atoms with van der Waals surface area (Å²) in [6, 6.07) is 1.74. The van der Waals surface area contributed by atoms with Crippen LogP contribution in [0.2, 0.25) is 0 Å². The molecule has 0 aliphatic carbocycles. The Morgan fingerprint density at radius 1 is 1.67 bits per heavy atom. The van der Waals surface area contributed by atoms with E-state index in [0.29, 0.717) is 11.8 Å². The number of hydrogen-bond acceptors (Lipinski definition) is 4. The first kappa shape index (κ1) is 11.4. The highest BCUT2D eigenvalue weighted by atomic mass is 16.5. The van der Waals surface area contributed by atoms with Gasteiger partial charge in [-0.25, -0.2) is 4.68 Å². The summed E-state index contributed by atoms with van der Waals surface area (Å²) in [7, 11) is 1.52. The van der Waals surface area contributed by atoms with Gasteiger partial charge in [0, 0.05) is 0 Å². The van der Waals surface area contributed by atoms with Crippen molar-refractivity contribution in [2.45, 2.75) is 19.9 Å². The molecule has 0 spiro atoms. The van der Waals surface area contributed by atoms with Crippen molar-refractivity contribution in [3.63, 3.8) is 0 Å². The van der Waals surface area contributed by atoms with E-state index in [9.17, 15) is 4.79 Å². The minimum Gasteiger partial charge on any atom is -0.480 e. The number of aromatic nitrogens is 2. The van der Waals surface area contributed by atoms with Crippen LogP contribution in [0.25, 0.3) is 0 Å². The van der Waals surface area contributed by atoms with Crippen LogP contribution in [-0.2, 0) is 4.79 Å². The fourth-order valence-corrected chi connectivity index (χ4v) is 1.08. The normalized spacial score (nSPS) is 10.4. The van der Waals surface area contributed by atoms with Gasteiger partial charge in [0.05, 0.1) is 19.2 Å². The summed E-state index contributed by atoms with van der Waals surface area (Å²) in [6.45, 7) is 3.73. The second-order valence-electron chi connectivity index (χ2n) is 3.32. The minimum atomic E-state index is -0.523. The number of carbonyl (C=O) groups is 1. The molecule has 0 atom stereocenters.